The van der Waals surface area contributed by atoms with Gasteiger partial charge in [0.2, 0.25) is 5.91 Å². The lowest BCUT2D eigenvalue weighted by Crippen LogP contribution is -2.67. The Bertz CT molecular complexity index is 2690. The lowest BCUT2D eigenvalue weighted by Gasteiger charge is -2.47. The molecule has 2 rings (SSSR count). The number of allylic oxidation sites excluding steroid dienone is 21. The van der Waals surface area contributed by atoms with Crippen LogP contribution >= 0.6 is 15.6 Å². The number of phosphoric acid groups is 2. The van der Waals surface area contributed by atoms with Crippen LogP contribution in [-0.4, -0.2) is 117 Å². The van der Waals surface area contributed by atoms with Crippen molar-refractivity contribution in [3.8, 4) is 0 Å². The number of carbonyl (C=O) groups excluding carboxylic acids is 2. The van der Waals surface area contributed by atoms with Gasteiger partial charge in [-0.25, -0.2) is 9.13 Å². The molecule has 12 unspecified atom stereocenters. The van der Waals surface area contributed by atoms with Crippen LogP contribution in [0.1, 0.15) is 232 Å². The van der Waals surface area contributed by atoms with E-state index in [1.165, 1.54) is 68.7 Å². The van der Waals surface area contributed by atoms with Crippen molar-refractivity contribution >= 4 is 27.5 Å². The number of nitrogens with one attached hydrogen (secondary N) is 1. The number of rotatable bonds is 42. The van der Waals surface area contributed by atoms with E-state index in [0.717, 1.165) is 135 Å². The Balaban J connectivity index is 1.72. The summed E-state index contributed by atoms with van der Waals surface area (Å²) in [4.78, 5) is 45.3. The summed E-state index contributed by atoms with van der Waals surface area (Å²) in [6, 6.07) is -1.74. The second-order valence-electron chi connectivity index (χ2n) is 25.4. The monoisotopic (exact) mass is 1320 g/mol. The van der Waals surface area contributed by atoms with Crippen molar-refractivity contribution < 1.29 is 81.2 Å². The van der Waals surface area contributed by atoms with E-state index >= 15 is 0 Å². The number of hydrogen-bond acceptors (Lipinski definition) is 15. The highest BCUT2D eigenvalue weighted by Crippen LogP contribution is 2.61. The van der Waals surface area contributed by atoms with Gasteiger partial charge >= 0.3 is 21.6 Å². The Morgan fingerprint density at radius 1 is 0.451 bits per heavy atom. The van der Waals surface area contributed by atoms with E-state index in [1.807, 2.05) is 0 Å². The van der Waals surface area contributed by atoms with E-state index in [4.69, 9.17) is 28.0 Å². The number of hydrogen-bond donors (Lipinski definition) is 7. The molecule has 0 aromatic rings. The van der Waals surface area contributed by atoms with Crippen LogP contribution in [0.2, 0.25) is 0 Å². The first kappa shape index (κ1) is 83.2. The molecule has 0 bridgehead atoms. The molecule has 12 atom stereocenters. The Morgan fingerprint density at radius 3 is 1.11 bits per heavy atom. The van der Waals surface area contributed by atoms with Gasteiger partial charge < -0.3 is 54.5 Å². The van der Waals surface area contributed by atoms with Gasteiger partial charge in [-0.1, -0.05) is 128 Å². The third-order valence-corrected chi connectivity index (χ3v) is 18.7. The van der Waals surface area contributed by atoms with E-state index in [2.05, 4.69) is 147 Å². The van der Waals surface area contributed by atoms with E-state index in [-0.39, 0.29) is 0 Å². The topological polar surface area (TPSA) is 266 Å². The quantitative estimate of drug-likeness (QED) is 0.0170. The Morgan fingerprint density at radius 2 is 0.791 bits per heavy atom. The average molecular weight is 1320 g/mol. The van der Waals surface area contributed by atoms with E-state index in [0.29, 0.717) is 12.8 Å². The van der Waals surface area contributed by atoms with Gasteiger partial charge in [0.15, 0.2) is 18.7 Å². The highest BCUT2D eigenvalue weighted by atomic mass is 31.3. The zero-order valence-electron chi connectivity index (χ0n) is 57.7. The van der Waals surface area contributed by atoms with Crippen molar-refractivity contribution in [2.45, 2.75) is 294 Å². The largest absolute Gasteiger partial charge is 0.483 e. The molecule has 0 aromatic carbocycles. The van der Waals surface area contributed by atoms with Crippen molar-refractivity contribution in [1.29, 1.82) is 0 Å². The van der Waals surface area contributed by atoms with Gasteiger partial charge in [-0.05, 0) is 218 Å². The molecule has 91 heavy (non-hydrogen) atoms. The summed E-state index contributed by atoms with van der Waals surface area (Å²) in [6.45, 7) is 28.3. The molecule has 0 spiro atoms. The standard InChI is InChI=1S/C71H117NO17P2/c1-49(2)26-16-27-50(3)28-17-29-51(4)30-18-31-52(5)32-19-33-53(6)34-20-35-54(7)36-21-37-55(8)38-22-39-56(9)40-23-41-57(10)42-24-43-58(11)44-25-45-59(12)46-47-83-90(79,80)89-91(81,82)88-70-64(72-61(14)74)68(66(77)63(48-73)86-70)87-71-69(85-62(15)75)67(78)65(76)60(13)84-71/h26,28,30,32,34,36,38,40,42,44,46,60,63-71,73,76-78H,16-25,27,29,31,33,35,37,39,41,43,45,47-48H2,1-15H3,(H,72,74)(H,79,80)(H,81,82)/b50-28+,51-30+,52-32+,53-34+,54-36+,55-38+,56-40+,57-42+,58-44+,59-46+. The molecular weight excluding hydrogens is 1200 g/mol. The number of esters is 1. The maximum atomic E-state index is 13.2. The first-order valence-corrected chi connectivity index (χ1v) is 35.8. The smallest absolute Gasteiger partial charge is 0.454 e. The fourth-order valence-electron chi connectivity index (χ4n) is 10.4. The molecule has 2 heterocycles. The fraction of sp³-hybridized carbons (Fsp3) is 0.662. The van der Waals surface area contributed by atoms with Crippen LogP contribution < -0.4 is 5.32 Å². The maximum absolute atomic E-state index is 13.2. The molecule has 518 valence electrons. The molecule has 1 amide bonds. The van der Waals surface area contributed by atoms with E-state index in [1.54, 1.807) is 6.92 Å². The zero-order valence-corrected chi connectivity index (χ0v) is 59.5. The Kier molecular flexibility index (Phi) is 40.8. The molecule has 2 aliphatic heterocycles. The van der Waals surface area contributed by atoms with Gasteiger partial charge in [0.25, 0.3) is 0 Å². The maximum Gasteiger partial charge on any atom is 0.483 e. The van der Waals surface area contributed by atoms with Crippen LogP contribution in [0.25, 0.3) is 0 Å². The number of phosphoric ester groups is 2. The molecular formula is C71H117NO17P2. The predicted molar refractivity (Wildman–Crippen MR) is 363 cm³/mol. The Labute approximate surface area is 546 Å². The number of ether oxygens (including phenoxy) is 4. The lowest BCUT2D eigenvalue weighted by molar-refractivity contribution is -0.336. The normalized spacial score (nSPS) is 25.3. The number of aliphatic hydroxyl groups excluding tert-OH is 4. The SMILES string of the molecule is CC(=O)NC1C(OP(=O)(O)OP(=O)(O)OC/C=C(\C)CC/C=C(\C)CC/C=C(\C)CC/C=C(\C)CC/C=C(\C)CC/C=C(\C)CC/C=C(\C)CC/C=C(\C)CC/C=C(\C)CC/C=C(\C)CCC=C(C)C)OC(CO)C(O)C1OC1OC(C)C(O)C(O)C1OC(C)=O. The van der Waals surface area contributed by atoms with Crippen LogP contribution in [0.4, 0.5) is 0 Å². The van der Waals surface area contributed by atoms with Crippen molar-refractivity contribution in [3.05, 3.63) is 128 Å². The molecule has 0 radical (unpaired) electrons. The first-order chi connectivity index (χ1) is 42.8. The molecule has 0 aliphatic carbocycles. The summed E-state index contributed by atoms with van der Waals surface area (Å²) in [5, 5.41) is 44.5. The number of aliphatic hydroxyl groups is 4. The van der Waals surface area contributed by atoms with Crippen molar-refractivity contribution in [3.63, 3.8) is 0 Å². The molecule has 2 aliphatic rings. The van der Waals surface area contributed by atoms with Crippen LogP contribution in [-0.2, 0) is 51.0 Å². The van der Waals surface area contributed by atoms with Crippen molar-refractivity contribution in [1.82, 2.24) is 5.32 Å². The van der Waals surface area contributed by atoms with E-state index < -0.39 is 102 Å². The minimum atomic E-state index is -5.64. The van der Waals surface area contributed by atoms with Crippen molar-refractivity contribution in [2.24, 2.45) is 0 Å². The van der Waals surface area contributed by atoms with Gasteiger partial charge in [-0.2, -0.15) is 4.31 Å². The van der Waals surface area contributed by atoms with Gasteiger partial charge in [0.05, 0.1) is 19.3 Å². The summed E-state index contributed by atoms with van der Waals surface area (Å²) >= 11 is 0. The lowest BCUT2D eigenvalue weighted by atomic mass is 9.95. The average Bonchev–Trinajstić information content (AvgIpc) is 0.795. The second kappa shape index (κ2) is 44.7. The molecule has 0 saturated carbocycles. The minimum absolute atomic E-state index is 0.475. The van der Waals surface area contributed by atoms with Crippen LogP contribution in [0.5, 0.6) is 0 Å². The van der Waals surface area contributed by atoms with Crippen LogP contribution in [0, 0.1) is 0 Å². The summed E-state index contributed by atoms with van der Waals surface area (Å²) in [5.74, 6) is -1.70. The third-order valence-electron chi connectivity index (χ3n) is 16.1. The highest BCUT2D eigenvalue weighted by Gasteiger charge is 2.54. The third kappa shape index (κ3) is 37.1. The van der Waals surface area contributed by atoms with E-state index in [9.17, 15) is 48.9 Å². The fourth-order valence-corrected chi connectivity index (χ4v) is 12.5. The van der Waals surface area contributed by atoms with Crippen LogP contribution in [0.3, 0.4) is 0 Å². The molecule has 20 heteroatoms. The summed E-state index contributed by atoms with van der Waals surface area (Å²) in [6.07, 6.45) is 30.9. The van der Waals surface area contributed by atoms with Gasteiger partial charge in [0.1, 0.15) is 36.6 Å². The van der Waals surface area contributed by atoms with Crippen molar-refractivity contribution in [2.75, 3.05) is 13.2 Å². The molecule has 2 fully saturated rings. The summed E-state index contributed by atoms with van der Waals surface area (Å²) in [7, 11) is -11.0. The number of carbonyl (C=O) groups is 2. The van der Waals surface area contributed by atoms with Crippen LogP contribution in [0.15, 0.2) is 128 Å². The minimum Gasteiger partial charge on any atom is -0.454 e. The molecule has 0 aromatic heterocycles. The highest BCUT2D eigenvalue weighted by molar-refractivity contribution is 7.61. The Hall–Kier alpha value is -3.94. The van der Waals surface area contributed by atoms with Gasteiger partial charge in [0, 0.05) is 13.8 Å². The number of amides is 1. The summed E-state index contributed by atoms with van der Waals surface area (Å²) < 4.78 is 62.8. The molecule has 2 saturated heterocycles. The van der Waals surface area contributed by atoms with Gasteiger partial charge in [-0.3, -0.25) is 18.6 Å². The summed E-state index contributed by atoms with van der Waals surface area (Å²) in [5.41, 5.74) is 15.1. The second-order valence-corrected chi connectivity index (χ2v) is 28.4. The predicted octanol–water partition coefficient (Wildman–Crippen LogP) is 15.8. The molecule has 18 nitrogen and oxygen atoms in total. The van der Waals surface area contributed by atoms with Gasteiger partial charge in [-0.15, -0.1) is 0 Å². The zero-order chi connectivity index (χ0) is 68.3. The first-order valence-electron chi connectivity index (χ1n) is 32.8. The molecule has 7 N–H and O–H groups in total.